The molecule has 1 aromatic rings. The summed E-state index contributed by atoms with van der Waals surface area (Å²) in [6, 6.07) is 5.50. The molecule has 0 spiro atoms. The zero-order valence-electron chi connectivity index (χ0n) is 16.9. The normalized spacial score (nSPS) is 22.3. The first-order valence-corrected chi connectivity index (χ1v) is 10.0. The van der Waals surface area contributed by atoms with Gasteiger partial charge in [-0.1, -0.05) is 46.1 Å². The van der Waals surface area contributed by atoms with Gasteiger partial charge in [0.15, 0.2) is 0 Å². The number of nitrogens with one attached hydrogen (secondary N) is 2. The Morgan fingerprint density at radius 3 is 2.31 bits per heavy atom. The van der Waals surface area contributed by atoms with Crippen LogP contribution >= 0.6 is 0 Å². The minimum absolute atomic E-state index is 0.0318. The molecule has 4 nitrogen and oxygen atoms in total. The Morgan fingerprint density at radius 1 is 1.12 bits per heavy atom. The lowest BCUT2D eigenvalue weighted by Gasteiger charge is -2.31. The summed E-state index contributed by atoms with van der Waals surface area (Å²) in [4.78, 5) is 25.7. The van der Waals surface area contributed by atoms with E-state index in [0.29, 0.717) is 5.92 Å². The molecule has 0 radical (unpaired) electrons. The van der Waals surface area contributed by atoms with Gasteiger partial charge in [-0.05, 0) is 61.8 Å². The number of hydrogen-bond acceptors (Lipinski definition) is 2. The van der Waals surface area contributed by atoms with Crippen LogP contribution < -0.4 is 10.6 Å². The fraction of sp³-hybridized carbons (Fsp3) is 0.636. The predicted molar refractivity (Wildman–Crippen MR) is 107 cm³/mol. The number of carbonyl (C=O) groups is 2. The predicted octanol–water partition coefficient (Wildman–Crippen LogP) is 4.60. The Labute approximate surface area is 158 Å². The molecule has 0 aliphatic heterocycles. The van der Waals surface area contributed by atoms with E-state index in [1.54, 1.807) is 0 Å². The highest BCUT2D eigenvalue weighted by atomic mass is 16.2. The van der Waals surface area contributed by atoms with Crippen LogP contribution in [0.2, 0.25) is 0 Å². The highest BCUT2D eigenvalue weighted by molar-refractivity contribution is 5.97. The lowest BCUT2D eigenvalue weighted by Crippen LogP contribution is -2.50. The monoisotopic (exact) mass is 358 g/mol. The van der Waals surface area contributed by atoms with Crippen molar-refractivity contribution in [3.05, 3.63) is 29.3 Å². The van der Waals surface area contributed by atoms with E-state index in [4.69, 9.17) is 0 Å². The van der Waals surface area contributed by atoms with Crippen molar-refractivity contribution in [1.82, 2.24) is 5.32 Å². The fourth-order valence-electron chi connectivity index (χ4n) is 3.93. The number of aryl methyl sites for hydroxylation is 2. The minimum atomic E-state index is -0.498. The second-order valence-electron chi connectivity index (χ2n) is 8.11. The van der Waals surface area contributed by atoms with E-state index in [1.807, 2.05) is 32.9 Å². The largest absolute Gasteiger partial charge is 0.344 e. The second kappa shape index (κ2) is 9.20. The molecule has 1 fully saturated rings. The summed E-state index contributed by atoms with van der Waals surface area (Å²) in [5, 5.41) is 6.07. The fourth-order valence-corrected chi connectivity index (χ4v) is 3.93. The van der Waals surface area contributed by atoms with E-state index in [0.717, 1.165) is 42.5 Å². The molecule has 1 aliphatic rings. The Morgan fingerprint density at radius 2 is 1.73 bits per heavy atom. The highest BCUT2D eigenvalue weighted by Crippen LogP contribution is 2.30. The summed E-state index contributed by atoms with van der Waals surface area (Å²) in [6.45, 7) is 10.3. The third-order valence-corrected chi connectivity index (χ3v) is 5.73. The standard InChI is InChI=1S/C22H34N2O2/c1-6-16(4)20(24-21(25)19-10-8-7-9-17(19)5)22(26)23-18-12-14(2)11-15(3)13-18/h11-13,16-17,19-20H,6-10H2,1-5H3,(H,23,26)(H,24,25)/t16-,17+,19-,20-/m0/s1. The lowest BCUT2D eigenvalue weighted by atomic mass is 9.79. The van der Waals surface area contributed by atoms with E-state index < -0.39 is 6.04 Å². The van der Waals surface area contributed by atoms with Crippen molar-refractivity contribution in [3.8, 4) is 0 Å². The van der Waals surface area contributed by atoms with Crippen molar-refractivity contribution in [2.24, 2.45) is 17.8 Å². The van der Waals surface area contributed by atoms with Crippen LogP contribution in [-0.2, 0) is 9.59 Å². The Kier molecular flexibility index (Phi) is 7.24. The molecule has 1 aliphatic carbocycles. The number of hydrogen-bond donors (Lipinski definition) is 2. The minimum Gasteiger partial charge on any atom is -0.344 e. The van der Waals surface area contributed by atoms with E-state index in [9.17, 15) is 9.59 Å². The van der Waals surface area contributed by atoms with Gasteiger partial charge in [0.05, 0.1) is 0 Å². The number of amides is 2. The van der Waals surface area contributed by atoms with Crippen molar-refractivity contribution in [2.45, 2.75) is 72.8 Å². The molecular formula is C22H34N2O2. The van der Waals surface area contributed by atoms with Crippen LogP contribution in [0.4, 0.5) is 5.69 Å². The van der Waals surface area contributed by atoms with Crippen molar-refractivity contribution < 1.29 is 9.59 Å². The van der Waals surface area contributed by atoms with Crippen LogP contribution in [0.1, 0.15) is 64.0 Å². The van der Waals surface area contributed by atoms with Crippen molar-refractivity contribution in [2.75, 3.05) is 5.32 Å². The number of benzene rings is 1. The van der Waals surface area contributed by atoms with Gasteiger partial charge in [-0.2, -0.15) is 0 Å². The molecule has 2 rings (SSSR count). The van der Waals surface area contributed by atoms with E-state index in [-0.39, 0.29) is 23.7 Å². The molecule has 0 bridgehead atoms. The van der Waals surface area contributed by atoms with Crippen LogP contribution in [0.3, 0.4) is 0 Å². The average molecular weight is 359 g/mol. The molecule has 26 heavy (non-hydrogen) atoms. The third kappa shape index (κ3) is 5.33. The summed E-state index contributed by atoms with van der Waals surface area (Å²) in [6.07, 6.45) is 5.17. The van der Waals surface area contributed by atoms with Crippen LogP contribution in [-0.4, -0.2) is 17.9 Å². The molecule has 144 valence electrons. The van der Waals surface area contributed by atoms with Crippen LogP contribution in [0.5, 0.6) is 0 Å². The molecule has 2 N–H and O–H groups in total. The first kappa shape index (κ1) is 20.5. The number of carbonyl (C=O) groups excluding carboxylic acids is 2. The molecule has 4 atom stereocenters. The topological polar surface area (TPSA) is 58.2 Å². The second-order valence-corrected chi connectivity index (χ2v) is 8.11. The van der Waals surface area contributed by atoms with Crippen LogP contribution in [0.25, 0.3) is 0 Å². The summed E-state index contributed by atoms with van der Waals surface area (Å²) in [7, 11) is 0. The molecule has 1 saturated carbocycles. The Hall–Kier alpha value is -1.84. The van der Waals surface area contributed by atoms with Gasteiger partial charge in [0.25, 0.3) is 0 Å². The van der Waals surface area contributed by atoms with Gasteiger partial charge >= 0.3 is 0 Å². The zero-order chi connectivity index (χ0) is 19.3. The van der Waals surface area contributed by atoms with Gasteiger partial charge in [0.2, 0.25) is 11.8 Å². The Balaban J connectivity index is 2.10. The first-order chi connectivity index (χ1) is 12.3. The number of rotatable bonds is 6. The van der Waals surface area contributed by atoms with Gasteiger partial charge < -0.3 is 10.6 Å². The molecule has 1 aromatic carbocycles. The average Bonchev–Trinajstić information content (AvgIpc) is 2.58. The summed E-state index contributed by atoms with van der Waals surface area (Å²) in [5.41, 5.74) is 3.02. The van der Waals surface area contributed by atoms with Gasteiger partial charge in [0, 0.05) is 11.6 Å². The zero-order valence-corrected chi connectivity index (χ0v) is 16.9. The van der Waals surface area contributed by atoms with E-state index in [2.05, 4.69) is 30.5 Å². The summed E-state index contributed by atoms with van der Waals surface area (Å²) >= 11 is 0. The Bertz CT molecular complexity index is 621. The van der Waals surface area contributed by atoms with Gasteiger partial charge in [-0.15, -0.1) is 0 Å². The molecule has 0 aromatic heterocycles. The summed E-state index contributed by atoms with van der Waals surface area (Å²) < 4.78 is 0. The smallest absolute Gasteiger partial charge is 0.247 e. The lowest BCUT2D eigenvalue weighted by molar-refractivity contribution is -0.132. The van der Waals surface area contributed by atoms with Gasteiger partial charge in [0.1, 0.15) is 6.04 Å². The van der Waals surface area contributed by atoms with E-state index in [1.165, 1.54) is 6.42 Å². The maximum atomic E-state index is 12.9. The molecule has 0 heterocycles. The van der Waals surface area contributed by atoms with Crippen molar-refractivity contribution in [1.29, 1.82) is 0 Å². The van der Waals surface area contributed by atoms with Gasteiger partial charge in [-0.3, -0.25) is 9.59 Å². The molecule has 4 heteroatoms. The highest BCUT2D eigenvalue weighted by Gasteiger charge is 2.32. The SMILES string of the molecule is CC[C@H](C)[C@H](NC(=O)[C@H]1CCCC[C@H]1C)C(=O)Nc1cc(C)cc(C)c1. The quantitative estimate of drug-likeness (QED) is 0.781. The van der Waals surface area contributed by atoms with Gasteiger partial charge in [-0.25, -0.2) is 0 Å². The maximum Gasteiger partial charge on any atom is 0.247 e. The molecule has 2 amide bonds. The van der Waals surface area contributed by atoms with E-state index >= 15 is 0 Å². The third-order valence-electron chi connectivity index (χ3n) is 5.73. The summed E-state index contributed by atoms with van der Waals surface area (Å²) in [5.74, 6) is 0.427. The molecular weight excluding hydrogens is 324 g/mol. The number of anilines is 1. The maximum absolute atomic E-state index is 12.9. The van der Waals surface area contributed by atoms with Crippen molar-refractivity contribution >= 4 is 17.5 Å². The van der Waals surface area contributed by atoms with Crippen LogP contribution in [0.15, 0.2) is 18.2 Å². The molecule has 0 saturated heterocycles. The molecule has 0 unspecified atom stereocenters. The first-order valence-electron chi connectivity index (χ1n) is 10.0. The van der Waals surface area contributed by atoms with Crippen LogP contribution in [0, 0.1) is 31.6 Å². The van der Waals surface area contributed by atoms with Crippen molar-refractivity contribution in [3.63, 3.8) is 0 Å².